The van der Waals surface area contributed by atoms with Crippen LogP contribution < -0.4 is 0 Å². The third kappa shape index (κ3) is 6.80. The lowest BCUT2D eigenvalue weighted by Gasteiger charge is -2.10. The van der Waals surface area contributed by atoms with Gasteiger partial charge in [0.1, 0.15) is 4.91 Å². The van der Waals surface area contributed by atoms with Crippen molar-refractivity contribution in [1.29, 1.82) is 0 Å². The lowest BCUT2D eigenvalue weighted by Crippen LogP contribution is -2.07. The fraction of sp³-hybridized carbons (Fsp3) is 0.238. The molecule has 0 saturated carbocycles. The number of halogens is 2. The Labute approximate surface area is 173 Å². The Morgan fingerprint density at radius 2 is 1.82 bits per heavy atom. The predicted octanol–water partition coefficient (Wildman–Crippen LogP) is 5.71. The second-order valence-corrected chi connectivity index (χ2v) is 7.38. The molecule has 148 valence electrons. The van der Waals surface area contributed by atoms with E-state index in [9.17, 15) is 13.6 Å². The number of thioether (sulfide) groups is 1. The maximum absolute atomic E-state index is 13.3. The van der Waals surface area contributed by atoms with Gasteiger partial charge in [-0.05, 0) is 24.6 Å². The van der Waals surface area contributed by atoms with Crippen LogP contribution in [-0.4, -0.2) is 24.5 Å². The van der Waals surface area contributed by atoms with Crippen LogP contribution in [0, 0.1) is 0 Å². The normalized spacial score (nSPS) is 12.8. The Balaban J connectivity index is 2.22. The van der Waals surface area contributed by atoms with Crippen LogP contribution in [0.1, 0.15) is 25.0 Å². The number of aliphatic imine (C=N–C) groups is 1. The van der Waals surface area contributed by atoms with Gasteiger partial charge in [-0.2, -0.15) is 0 Å². The summed E-state index contributed by atoms with van der Waals surface area (Å²) in [7, 11) is 0. The molecule has 0 aromatic heterocycles. The van der Waals surface area contributed by atoms with Gasteiger partial charge >= 0.3 is 5.97 Å². The van der Waals surface area contributed by atoms with Crippen LogP contribution >= 0.6 is 24.4 Å². The molecule has 0 aliphatic heterocycles. The Bertz CT molecular complexity index is 845. The van der Waals surface area contributed by atoms with Crippen molar-refractivity contribution in [1.82, 2.24) is 0 Å². The highest BCUT2D eigenvalue weighted by Gasteiger charge is 2.23. The molecule has 0 amide bonds. The average molecular weight is 422 g/mol. The van der Waals surface area contributed by atoms with E-state index in [0.29, 0.717) is 17.0 Å². The van der Waals surface area contributed by atoms with Crippen LogP contribution in [0.15, 0.2) is 75.1 Å². The van der Waals surface area contributed by atoms with Crippen molar-refractivity contribution in [3.63, 3.8) is 0 Å². The third-order valence-corrected chi connectivity index (χ3v) is 5.11. The van der Waals surface area contributed by atoms with Crippen LogP contribution in [0.2, 0.25) is 0 Å². The minimum absolute atomic E-state index is 0.0681. The van der Waals surface area contributed by atoms with Gasteiger partial charge in [-0.15, -0.1) is 24.4 Å². The van der Waals surface area contributed by atoms with E-state index >= 15 is 0 Å². The van der Waals surface area contributed by atoms with Crippen LogP contribution in [-0.2, 0) is 15.5 Å². The number of hydrogen-bond donors (Lipinski definition) is 1. The first-order valence-corrected chi connectivity index (χ1v) is 10.0. The summed E-state index contributed by atoms with van der Waals surface area (Å²) in [6.45, 7) is 2.80. The SMILES string of the molecule is CCOC(=O)/C(S)=C(\CSc1ccccc1)N=Cc1ccc(C(C)(F)F)cc1. The number of carbonyl (C=O) groups excluding carboxylic acids is 1. The Kier molecular flexibility index (Phi) is 8.26. The van der Waals surface area contributed by atoms with Gasteiger partial charge in [-0.1, -0.05) is 42.5 Å². The summed E-state index contributed by atoms with van der Waals surface area (Å²) >= 11 is 5.79. The molecule has 0 saturated heterocycles. The maximum Gasteiger partial charge on any atom is 0.346 e. The van der Waals surface area contributed by atoms with E-state index < -0.39 is 11.9 Å². The number of alkyl halides is 2. The summed E-state index contributed by atoms with van der Waals surface area (Å²) in [5, 5.41) is 0. The number of ether oxygens (including phenoxy) is 1. The number of benzene rings is 2. The van der Waals surface area contributed by atoms with Crippen molar-refractivity contribution in [2.75, 3.05) is 12.4 Å². The molecule has 0 N–H and O–H groups in total. The molecular weight excluding hydrogens is 400 g/mol. The molecule has 0 radical (unpaired) electrons. The van der Waals surface area contributed by atoms with Gasteiger partial charge in [-0.3, -0.25) is 4.99 Å². The summed E-state index contributed by atoms with van der Waals surface area (Å²) in [4.78, 5) is 17.6. The van der Waals surface area contributed by atoms with E-state index in [1.165, 1.54) is 30.1 Å². The number of thiol groups is 1. The maximum atomic E-state index is 13.3. The topological polar surface area (TPSA) is 38.7 Å². The fourth-order valence-corrected chi connectivity index (χ4v) is 3.35. The Hall–Kier alpha value is -2.12. The number of nitrogens with zero attached hydrogens (tertiary/aromatic N) is 1. The molecule has 0 bridgehead atoms. The standard InChI is InChI=1S/C21H21F2NO2S2/c1-3-26-20(25)19(27)18(14-28-17-7-5-4-6-8-17)24-13-15-9-11-16(12-10-15)21(2,22)23/h4-13,27H,3,14H2,1-2H3/b19-18-,24-13?. The quantitative estimate of drug-likeness (QED) is 0.195. The smallest absolute Gasteiger partial charge is 0.346 e. The number of carbonyl (C=O) groups is 1. The van der Waals surface area contributed by atoms with Crippen molar-refractivity contribution in [3.8, 4) is 0 Å². The second kappa shape index (κ2) is 10.4. The highest BCUT2D eigenvalue weighted by molar-refractivity contribution is 7.99. The summed E-state index contributed by atoms with van der Waals surface area (Å²) in [5.41, 5.74) is 1.02. The van der Waals surface area contributed by atoms with Gasteiger partial charge in [0, 0.05) is 29.4 Å². The minimum Gasteiger partial charge on any atom is -0.462 e. The monoisotopic (exact) mass is 421 g/mol. The summed E-state index contributed by atoms with van der Waals surface area (Å²) < 4.78 is 31.6. The summed E-state index contributed by atoms with van der Waals surface area (Å²) in [6.07, 6.45) is 1.52. The van der Waals surface area contributed by atoms with E-state index in [-0.39, 0.29) is 17.1 Å². The lowest BCUT2D eigenvalue weighted by molar-refractivity contribution is -0.137. The van der Waals surface area contributed by atoms with E-state index in [1.54, 1.807) is 19.1 Å². The van der Waals surface area contributed by atoms with Gasteiger partial charge < -0.3 is 4.74 Å². The molecule has 0 unspecified atom stereocenters. The number of hydrogen-bond acceptors (Lipinski definition) is 5. The van der Waals surface area contributed by atoms with E-state index in [1.807, 2.05) is 30.3 Å². The first-order chi connectivity index (χ1) is 13.3. The molecule has 2 aromatic carbocycles. The van der Waals surface area contributed by atoms with Crippen molar-refractivity contribution >= 4 is 36.6 Å². The van der Waals surface area contributed by atoms with Crippen molar-refractivity contribution < 1.29 is 18.3 Å². The van der Waals surface area contributed by atoms with E-state index in [2.05, 4.69) is 17.6 Å². The molecule has 0 atom stereocenters. The summed E-state index contributed by atoms with van der Waals surface area (Å²) in [6, 6.07) is 15.5. The predicted molar refractivity (Wildman–Crippen MR) is 113 cm³/mol. The average Bonchev–Trinajstić information content (AvgIpc) is 2.68. The van der Waals surface area contributed by atoms with Crippen molar-refractivity contribution in [2.45, 2.75) is 24.7 Å². The fourth-order valence-electron chi connectivity index (χ4n) is 2.17. The molecule has 3 nitrogen and oxygen atoms in total. The minimum atomic E-state index is -2.89. The largest absolute Gasteiger partial charge is 0.462 e. The third-order valence-electron chi connectivity index (χ3n) is 3.65. The van der Waals surface area contributed by atoms with E-state index in [4.69, 9.17) is 4.74 Å². The molecule has 7 heteroatoms. The molecule has 0 aliphatic carbocycles. The van der Waals surface area contributed by atoms with Gasteiger partial charge in [0.2, 0.25) is 0 Å². The van der Waals surface area contributed by atoms with Gasteiger partial charge in [-0.25, -0.2) is 13.6 Å². The van der Waals surface area contributed by atoms with Crippen LogP contribution in [0.3, 0.4) is 0 Å². The zero-order valence-corrected chi connectivity index (χ0v) is 17.3. The molecule has 0 heterocycles. The number of rotatable bonds is 8. The van der Waals surface area contributed by atoms with Crippen molar-refractivity contribution in [2.24, 2.45) is 4.99 Å². The van der Waals surface area contributed by atoms with Crippen molar-refractivity contribution in [3.05, 3.63) is 76.3 Å². The van der Waals surface area contributed by atoms with Crippen LogP contribution in [0.25, 0.3) is 0 Å². The first-order valence-electron chi connectivity index (χ1n) is 8.60. The van der Waals surface area contributed by atoms with Crippen LogP contribution in [0.5, 0.6) is 0 Å². The molecule has 28 heavy (non-hydrogen) atoms. The zero-order valence-electron chi connectivity index (χ0n) is 15.6. The lowest BCUT2D eigenvalue weighted by atomic mass is 10.1. The van der Waals surface area contributed by atoms with Gasteiger partial charge in [0.25, 0.3) is 5.92 Å². The first kappa shape index (κ1) is 22.2. The van der Waals surface area contributed by atoms with Gasteiger partial charge in [0.15, 0.2) is 0 Å². The van der Waals surface area contributed by atoms with Gasteiger partial charge in [0.05, 0.1) is 12.3 Å². The molecular formula is C21H21F2NO2S2. The Morgan fingerprint density at radius 3 is 2.39 bits per heavy atom. The molecule has 0 fully saturated rings. The molecule has 0 aliphatic rings. The highest BCUT2D eigenvalue weighted by Crippen LogP contribution is 2.27. The molecule has 2 rings (SSSR count). The molecule has 2 aromatic rings. The number of esters is 1. The Morgan fingerprint density at radius 1 is 1.18 bits per heavy atom. The highest BCUT2D eigenvalue weighted by atomic mass is 32.2. The van der Waals surface area contributed by atoms with E-state index in [0.717, 1.165) is 11.8 Å². The molecule has 0 spiro atoms. The summed E-state index contributed by atoms with van der Waals surface area (Å²) in [5.74, 6) is -3.04. The van der Waals surface area contributed by atoms with Crippen LogP contribution in [0.4, 0.5) is 8.78 Å². The second-order valence-electron chi connectivity index (χ2n) is 5.89. The zero-order chi connectivity index (χ0) is 20.6.